The molecule has 0 amide bonds. The quantitative estimate of drug-likeness (QED) is 0.557. The van der Waals surface area contributed by atoms with Crippen LogP contribution in [0.25, 0.3) is 0 Å². The van der Waals surface area contributed by atoms with Crippen LogP contribution in [0.5, 0.6) is 0 Å². The molecule has 2 rings (SSSR count). The third kappa shape index (κ3) is 1.84. The van der Waals surface area contributed by atoms with E-state index in [1.54, 1.807) is 6.92 Å². The van der Waals surface area contributed by atoms with E-state index in [1.165, 1.54) is 0 Å². The van der Waals surface area contributed by atoms with E-state index >= 15 is 0 Å². The zero-order valence-corrected chi connectivity index (χ0v) is 7.51. The van der Waals surface area contributed by atoms with Crippen LogP contribution in [0.1, 0.15) is 6.92 Å². The molecule has 0 radical (unpaired) electrons. The van der Waals surface area contributed by atoms with Gasteiger partial charge in [-0.3, -0.25) is 0 Å². The standard InChI is InChI=1S/C8H14O5/c1-5-7(9)8-6(12-4-11-5)2-10-3-13-8/h5-9H,2-4H2,1H3. The summed E-state index contributed by atoms with van der Waals surface area (Å²) in [5, 5.41) is 9.77. The van der Waals surface area contributed by atoms with Gasteiger partial charge < -0.3 is 24.1 Å². The molecule has 0 aromatic rings. The van der Waals surface area contributed by atoms with Crippen LogP contribution in [0.3, 0.4) is 0 Å². The summed E-state index contributed by atoms with van der Waals surface area (Å²) in [6, 6.07) is 0. The van der Waals surface area contributed by atoms with Crippen molar-refractivity contribution in [3.8, 4) is 0 Å². The Morgan fingerprint density at radius 2 is 2.00 bits per heavy atom. The van der Waals surface area contributed by atoms with Gasteiger partial charge in [0.15, 0.2) is 0 Å². The highest BCUT2D eigenvalue weighted by Gasteiger charge is 2.38. The summed E-state index contributed by atoms with van der Waals surface area (Å²) in [6.07, 6.45) is -1.44. The summed E-state index contributed by atoms with van der Waals surface area (Å²) < 4.78 is 20.8. The molecule has 2 aliphatic heterocycles. The lowest BCUT2D eigenvalue weighted by molar-refractivity contribution is -0.226. The summed E-state index contributed by atoms with van der Waals surface area (Å²) in [7, 11) is 0. The Morgan fingerprint density at radius 3 is 2.85 bits per heavy atom. The molecule has 0 aliphatic carbocycles. The Kier molecular flexibility index (Phi) is 2.80. The summed E-state index contributed by atoms with van der Waals surface area (Å²) in [5.41, 5.74) is 0. The molecule has 1 N–H and O–H groups in total. The Labute approximate surface area is 76.5 Å². The molecule has 0 saturated carbocycles. The summed E-state index contributed by atoms with van der Waals surface area (Å²) in [5.74, 6) is 0. The van der Waals surface area contributed by atoms with E-state index in [0.29, 0.717) is 6.61 Å². The number of hydrogen-bond donors (Lipinski definition) is 1. The molecule has 2 heterocycles. The van der Waals surface area contributed by atoms with Gasteiger partial charge in [0.05, 0.1) is 12.7 Å². The van der Waals surface area contributed by atoms with E-state index in [4.69, 9.17) is 18.9 Å². The summed E-state index contributed by atoms with van der Waals surface area (Å²) in [6.45, 7) is 2.66. The van der Waals surface area contributed by atoms with Crippen LogP contribution in [0.2, 0.25) is 0 Å². The van der Waals surface area contributed by atoms with Gasteiger partial charge in [0, 0.05) is 0 Å². The molecule has 76 valence electrons. The van der Waals surface area contributed by atoms with Crippen LogP contribution in [0.4, 0.5) is 0 Å². The maximum absolute atomic E-state index is 9.77. The Bertz CT molecular complexity index is 172. The Hall–Kier alpha value is -0.200. The third-order valence-corrected chi connectivity index (χ3v) is 2.42. The van der Waals surface area contributed by atoms with Crippen LogP contribution in [0.15, 0.2) is 0 Å². The summed E-state index contributed by atoms with van der Waals surface area (Å²) >= 11 is 0. The lowest BCUT2D eigenvalue weighted by Crippen LogP contribution is -2.49. The number of rotatable bonds is 0. The second-order valence-corrected chi connectivity index (χ2v) is 3.31. The first-order valence-corrected chi connectivity index (χ1v) is 4.39. The first-order valence-electron chi connectivity index (χ1n) is 4.39. The molecule has 0 spiro atoms. The van der Waals surface area contributed by atoms with E-state index in [1.807, 2.05) is 0 Å². The van der Waals surface area contributed by atoms with E-state index in [-0.39, 0.29) is 31.9 Å². The second kappa shape index (κ2) is 3.89. The predicted octanol–water partition coefficient (Wildman–Crippen LogP) is -0.518. The SMILES string of the molecule is CC1OCOC2COCOC2C1O. The topological polar surface area (TPSA) is 57.2 Å². The van der Waals surface area contributed by atoms with Crippen LogP contribution >= 0.6 is 0 Å². The smallest absolute Gasteiger partial charge is 0.147 e. The van der Waals surface area contributed by atoms with Gasteiger partial charge in [-0.05, 0) is 6.92 Å². The molecule has 0 aromatic heterocycles. The van der Waals surface area contributed by atoms with Crippen molar-refractivity contribution in [2.45, 2.75) is 31.3 Å². The average Bonchev–Trinajstić information content (AvgIpc) is 2.29. The first kappa shape index (κ1) is 9.36. The lowest BCUT2D eigenvalue weighted by atomic mass is 10.0. The average molecular weight is 190 g/mol. The highest BCUT2D eigenvalue weighted by molar-refractivity contribution is 4.84. The molecule has 2 saturated heterocycles. The van der Waals surface area contributed by atoms with Gasteiger partial charge in [-0.25, -0.2) is 0 Å². The normalized spacial score (nSPS) is 46.6. The number of ether oxygens (including phenoxy) is 4. The van der Waals surface area contributed by atoms with Crippen molar-refractivity contribution in [2.24, 2.45) is 0 Å². The van der Waals surface area contributed by atoms with E-state index < -0.39 is 6.10 Å². The van der Waals surface area contributed by atoms with E-state index in [9.17, 15) is 5.11 Å². The highest BCUT2D eigenvalue weighted by atomic mass is 16.7. The molecule has 4 atom stereocenters. The number of aliphatic hydroxyl groups is 1. The van der Waals surface area contributed by atoms with E-state index in [0.717, 1.165) is 0 Å². The van der Waals surface area contributed by atoms with Gasteiger partial charge >= 0.3 is 0 Å². The number of hydrogen-bond acceptors (Lipinski definition) is 5. The van der Waals surface area contributed by atoms with Crippen LogP contribution in [-0.2, 0) is 18.9 Å². The minimum absolute atomic E-state index is 0.187. The van der Waals surface area contributed by atoms with Crippen LogP contribution < -0.4 is 0 Å². The van der Waals surface area contributed by atoms with Gasteiger partial charge in [0.2, 0.25) is 0 Å². The monoisotopic (exact) mass is 190 g/mol. The number of aliphatic hydroxyl groups excluding tert-OH is 1. The minimum atomic E-state index is -0.642. The molecule has 5 nitrogen and oxygen atoms in total. The maximum atomic E-state index is 9.77. The molecular weight excluding hydrogens is 176 g/mol. The largest absolute Gasteiger partial charge is 0.388 e. The molecule has 2 aliphatic rings. The van der Waals surface area contributed by atoms with Crippen molar-refractivity contribution in [1.29, 1.82) is 0 Å². The first-order chi connectivity index (χ1) is 6.29. The zero-order valence-electron chi connectivity index (χ0n) is 7.51. The molecule has 0 aromatic carbocycles. The van der Waals surface area contributed by atoms with Crippen molar-refractivity contribution < 1.29 is 24.1 Å². The zero-order chi connectivity index (χ0) is 9.26. The Balaban J connectivity index is 2.06. The van der Waals surface area contributed by atoms with E-state index in [2.05, 4.69) is 0 Å². The molecule has 5 heteroatoms. The fourth-order valence-corrected chi connectivity index (χ4v) is 1.55. The fourth-order valence-electron chi connectivity index (χ4n) is 1.55. The predicted molar refractivity (Wildman–Crippen MR) is 42.0 cm³/mol. The fraction of sp³-hybridized carbons (Fsp3) is 1.00. The number of fused-ring (bicyclic) bond motifs is 1. The molecule has 13 heavy (non-hydrogen) atoms. The molecular formula is C8H14O5. The molecule has 0 bridgehead atoms. The van der Waals surface area contributed by atoms with Crippen LogP contribution in [0, 0.1) is 0 Å². The van der Waals surface area contributed by atoms with Gasteiger partial charge in [0.25, 0.3) is 0 Å². The van der Waals surface area contributed by atoms with Gasteiger partial charge in [-0.2, -0.15) is 0 Å². The molecule has 2 fully saturated rings. The highest BCUT2D eigenvalue weighted by Crippen LogP contribution is 2.21. The lowest BCUT2D eigenvalue weighted by Gasteiger charge is -2.32. The van der Waals surface area contributed by atoms with Crippen molar-refractivity contribution in [3.05, 3.63) is 0 Å². The second-order valence-electron chi connectivity index (χ2n) is 3.31. The van der Waals surface area contributed by atoms with Crippen molar-refractivity contribution in [1.82, 2.24) is 0 Å². The third-order valence-electron chi connectivity index (χ3n) is 2.42. The van der Waals surface area contributed by atoms with Gasteiger partial charge in [0.1, 0.15) is 31.9 Å². The maximum Gasteiger partial charge on any atom is 0.147 e. The van der Waals surface area contributed by atoms with Crippen molar-refractivity contribution in [2.75, 3.05) is 20.2 Å². The Morgan fingerprint density at radius 1 is 1.15 bits per heavy atom. The molecule has 4 unspecified atom stereocenters. The van der Waals surface area contributed by atoms with Gasteiger partial charge in [-0.15, -0.1) is 0 Å². The van der Waals surface area contributed by atoms with Gasteiger partial charge in [-0.1, -0.05) is 0 Å². The minimum Gasteiger partial charge on any atom is -0.388 e. The van der Waals surface area contributed by atoms with Crippen molar-refractivity contribution >= 4 is 0 Å². The van der Waals surface area contributed by atoms with Crippen LogP contribution in [-0.4, -0.2) is 49.7 Å². The van der Waals surface area contributed by atoms with Crippen molar-refractivity contribution in [3.63, 3.8) is 0 Å². The summed E-state index contributed by atoms with van der Waals surface area (Å²) in [4.78, 5) is 0.